The van der Waals surface area contributed by atoms with Gasteiger partial charge in [0.15, 0.2) is 31.1 Å². The van der Waals surface area contributed by atoms with Crippen LogP contribution in [0.5, 0.6) is 5.75 Å². The number of carboxylic acid groups (broad SMARTS) is 1. The number of aryl methyl sites for hydroxylation is 2. The maximum Gasteiger partial charge on any atom is 0.354 e. The molecule has 1 N–H and O–H groups in total. The van der Waals surface area contributed by atoms with Gasteiger partial charge >= 0.3 is 5.97 Å². The zero-order valence-corrected chi connectivity index (χ0v) is 18.4. The van der Waals surface area contributed by atoms with E-state index >= 15 is 0 Å². The summed E-state index contributed by atoms with van der Waals surface area (Å²) in [5.41, 5.74) is 1.57. The minimum absolute atomic E-state index is 0.0281. The second kappa shape index (κ2) is 9.72. The molecule has 1 amide bonds. The topological polar surface area (TPSA) is 82.7 Å². The number of piperazine rings is 1. The third kappa shape index (κ3) is 5.19. The highest BCUT2D eigenvalue weighted by atomic mass is 19.1. The zero-order valence-electron chi connectivity index (χ0n) is 18.4. The van der Waals surface area contributed by atoms with Crippen molar-refractivity contribution < 1.29 is 28.4 Å². The molecular formula is C24H27FN3O4+. The van der Waals surface area contributed by atoms with Crippen LogP contribution in [-0.2, 0) is 4.79 Å². The van der Waals surface area contributed by atoms with E-state index in [9.17, 15) is 19.1 Å². The molecule has 3 rings (SSSR count). The smallest absolute Gasteiger partial charge is 0.354 e. The minimum Gasteiger partial charge on any atom is -0.477 e. The fourth-order valence-corrected chi connectivity index (χ4v) is 3.71. The Morgan fingerprint density at radius 3 is 2.69 bits per heavy atom. The third-order valence-corrected chi connectivity index (χ3v) is 5.51. The molecular weight excluding hydrogens is 413 g/mol. The molecule has 0 spiro atoms. The van der Waals surface area contributed by atoms with Gasteiger partial charge < -0.3 is 14.7 Å². The summed E-state index contributed by atoms with van der Waals surface area (Å²) < 4.78 is 22.5. The predicted octanol–water partition coefficient (Wildman–Crippen LogP) is 3.16. The zero-order chi connectivity index (χ0) is 23.4. The Labute approximate surface area is 186 Å². The number of ether oxygens (including phenoxy) is 1. The monoisotopic (exact) mass is 440 g/mol. The summed E-state index contributed by atoms with van der Waals surface area (Å²) in [5, 5.41) is 9.20. The second-order valence-corrected chi connectivity index (χ2v) is 7.92. The van der Waals surface area contributed by atoms with Crippen molar-refractivity contribution in [2.75, 3.05) is 19.6 Å². The normalized spacial score (nSPS) is 18.3. The van der Waals surface area contributed by atoms with E-state index in [2.05, 4.69) is 11.6 Å². The molecule has 2 aromatic rings. The lowest BCUT2D eigenvalue weighted by Gasteiger charge is -2.31. The molecule has 1 aliphatic heterocycles. The fraction of sp³-hybridized carbons (Fsp3) is 0.333. The molecule has 0 saturated carbocycles. The van der Waals surface area contributed by atoms with E-state index in [1.807, 2.05) is 17.7 Å². The van der Waals surface area contributed by atoms with Crippen LogP contribution in [0.1, 0.15) is 40.2 Å². The lowest BCUT2D eigenvalue weighted by Crippen LogP contribution is -2.51. The Morgan fingerprint density at radius 1 is 1.34 bits per heavy atom. The summed E-state index contributed by atoms with van der Waals surface area (Å²) in [7, 11) is 0. The SMILES string of the molecule is C=CC(=O)N1CC[N+](=C[C@@H](Oc2cnc(C(=O)O)c(C)c2)c2ccc(C)c(F)c2)C[C@H]1C. The van der Waals surface area contributed by atoms with Crippen LogP contribution in [0.25, 0.3) is 0 Å². The minimum atomic E-state index is -1.11. The number of halogens is 1. The Hall–Kier alpha value is -3.55. The van der Waals surface area contributed by atoms with Crippen LogP contribution < -0.4 is 4.74 Å². The van der Waals surface area contributed by atoms with E-state index in [0.29, 0.717) is 42.1 Å². The summed E-state index contributed by atoms with van der Waals surface area (Å²) in [6.45, 7) is 10.6. The lowest BCUT2D eigenvalue weighted by atomic mass is 10.1. The van der Waals surface area contributed by atoms with Crippen LogP contribution in [0, 0.1) is 19.7 Å². The molecule has 8 heteroatoms. The van der Waals surface area contributed by atoms with Crippen molar-refractivity contribution in [1.82, 2.24) is 9.88 Å². The van der Waals surface area contributed by atoms with E-state index in [4.69, 9.17) is 4.74 Å². The van der Waals surface area contributed by atoms with E-state index in [0.717, 1.165) is 0 Å². The molecule has 1 saturated heterocycles. The lowest BCUT2D eigenvalue weighted by molar-refractivity contribution is -0.542. The maximum absolute atomic E-state index is 14.3. The number of benzene rings is 1. The molecule has 1 aromatic carbocycles. The summed E-state index contributed by atoms with van der Waals surface area (Å²) in [6, 6.07) is 6.50. The van der Waals surface area contributed by atoms with Crippen LogP contribution in [0.15, 0.2) is 43.1 Å². The Morgan fingerprint density at radius 2 is 2.09 bits per heavy atom. The molecule has 2 atom stereocenters. The van der Waals surface area contributed by atoms with Crippen LogP contribution in [0.4, 0.5) is 4.39 Å². The Bertz CT molecular complexity index is 1080. The molecule has 0 bridgehead atoms. The molecule has 0 aliphatic carbocycles. The first kappa shape index (κ1) is 23.1. The van der Waals surface area contributed by atoms with Gasteiger partial charge in [-0.3, -0.25) is 4.79 Å². The Balaban J connectivity index is 1.91. The number of aromatic nitrogens is 1. The maximum atomic E-state index is 14.3. The van der Waals surface area contributed by atoms with Crippen molar-refractivity contribution in [3.05, 3.63) is 71.3 Å². The highest BCUT2D eigenvalue weighted by Crippen LogP contribution is 2.24. The molecule has 0 unspecified atom stereocenters. The molecule has 0 radical (unpaired) electrons. The van der Waals surface area contributed by atoms with Gasteiger partial charge in [-0.05, 0) is 50.1 Å². The largest absolute Gasteiger partial charge is 0.477 e. The van der Waals surface area contributed by atoms with Gasteiger partial charge in [-0.2, -0.15) is 0 Å². The quantitative estimate of drug-likeness (QED) is 0.551. The molecule has 168 valence electrons. The van der Waals surface area contributed by atoms with E-state index in [-0.39, 0.29) is 23.5 Å². The van der Waals surface area contributed by atoms with Gasteiger partial charge in [0.2, 0.25) is 5.91 Å². The number of carboxylic acids is 1. The second-order valence-electron chi connectivity index (χ2n) is 7.92. The fourth-order valence-electron chi connectivity index (χ4n) is 3.71. The number of rotatable bonds is 6. The van der Waals surface area contributed by atoms with Gasteiger partial charge in [0.25, 0.3) is 0 Å². The molecule has 7 nitrogen and oxygen atoms in total. The standard InChI is InChI=1S/C24H26FN3O4/c1-5-22(29)28-9-8-27(13-17(28)4)14-21(18-7-6-15(2)20(25)11-18)32-19-10-16(3)23(24(30)31)26-12-19/h5-7,10-12,14,17,21H,1,8-9,13H2,2-4H3/p+1/t17-,21-/m1/s1. The van der Waals surface area contributed by atoms with Crippen molar-refractivity contribution in [2.24, 2.45) is 0 Å². The number of pyridine rings is 1. The molecule has 1 fully saturated rings. The number of nitrogens with zero attached hydrogens (tertiary/aromatic N) is 3. The van der Waals surface area contributed by atoms with Gasteiger partial charge in [0, 0.05) is 5.56 Å². The molecule has 32 heavy (non-hydrogen) atoms. The van der Waals surface area contributed by atoms with E-state index < -0.39 is 12.1 Å². The summed E-state index contributed by atoms with van der Waals surface area (Å²) in [6.07, 6.45) is 3.91. The number of aromatic carboxylic acids is 1. The number of hydrogen-bond acceptors (Lipinski definition) is 4. The van der Waals surface area contributed by atoms with Crippen molar-refractivity contribution in [3.63, 3.8) is 0 Å². The van der Waals surface area contributed by atoms with Gasteiger partial charge in [-0.15, -0.1) is 0 Å². The average molecular weight is 440 g/mol. The summed E-state index contributed by atoms with van der Waals surface area (Å²) in [5.74, 6) is -1.18. The molecule has 2 heterocycles. The first-order valence-electron chi connectivity index (χ1n) is 10.3. The van der Waals surface area contributed by atoms with Crippen LogP contribution >= 0.6 is 0 Å². The van der Waals surface area contributed by atoms with Crippen molar-refractivity contribution in [3.8, 4) is 5.75 Å². The highest BCUT2D eigenvalue weighted by molar-refractivity contribution is 5.87. The van der Waals surface area contributed by atoms with Crippen molar-refractivity contribution in [2.45, 2.75) is 32.9 Å². The molecule has 1 aromatic heterocycles. The van der Waals surface area contributed by atoms with Gasteiger partial charge in [-0.25, -0.2) is 18.7 Å². The molecule has 1 aliphatic rings. The summed E-state index contributed by atoms with van der Waals surface area (Å²) >= 11 is 0. The van der Waals surface area contributed by atoms with Gasteiger partial charge in [0.1, 0.15) is 11.6 Å². The Kier molecular flexibility index (Phi) is 7.02. The summed E-state index contributed by atoms with van der Waals surface area (Å²) in [4.78, 5) is 29.0. The number of amides is 1. The van der Waals surface area contributed by atoms with Gasteiger partial charge in [-0.1, -0.05) is 18.7 Å². The van der Waals surface area contributed by atoms with E-state index in [1.165, 1.54) is 18.3 Å². The first-order valence-corrected chi connectivity index (χ1v) is 10.3. The third-order valence-electron chi connectivity index (χ3n) is 5.51. The average Bonchev–Trinajstić information content (AvgIpc) is 2.74. The highest BCUT2D eigenvalue weighted by Gasteiger charge is 2.30. The van der Waals surface area contributed by atoms with Crippen LogP contribution in [-0.4, -0.2) is 63.3 Å². The van der Waals surface area contributed by atoms with Crippen LogP contribution in [0.2, 0.25) is 0 Å². The van der Waals surface area contributed by atoms with Crippen LogP contribution in [0.3, 0.4) is 0 Å². The van der Waals surface area contributed by atoms with Gasteiger partial charge in [0.05, 0.1) is 18.8 Å². The predicted molar refractivity (Wildman–Crippen MR) is 118 cm³/mol. The number of hydrogen-bond donors (Lipinski definition) is 1. The number of carbonyl (C=O) groups excluding carboxylic acids is 1. The van der Waals surface area contributed by atoms with E-state index in [1.54, 1.807) is 36.9 Å². The number of carbonyl (C=O) groups is 2. The van der Waals surface area contributed by atoms with Crippen molar-refractivity contribution in [1.29, 1.82) is 0 Å². The van der Waals surface area contributed by atoms with Crippen molar-refractivity contribution >= 4 is 18.1 Å². The first-order chi connectivity index (χ1) is 15.2.